The number of amides is 1. The number of carbonyl (C=O) groups is 2. The zero-order chi connectivity index (χ0) is 20.3. The summed E-state index contributed by atoms with van der Waals surface area (Å²) in [5, 5.41) is 2.71. The number of ether oxygens (including phenoxy) is 3. The molecule has 2 aromatic rings. The number of esters is 1. The fourth-order valence-electron chi connectivity index (χ4n) is 2.72. The van der Waals surface area contributed by atoms with E-state index >= 15 is 0 Å². The van der Waals surface area contributed by atoms with Crippen molar-refractivity contribution in [3.63, 3.8) is 0 Å². The lowest BCUT2D eigenvalue weighted by molar-refractivity contribution is -0.124. The van der Waals surface area contributed by atoms with Crippen LogP contribution in [0.5, 0.6) is 11.5 Å². The highest BCUT2D eigenvalue weighted by Gasteiger charge is 2.21. The van der Waals surface area contributed by atoms with Crippen molar-refractivity contribution in [2.24, 2.45) is 0 Å². The van der Waals surface area contributed by atoms with Crippen molar-refractivity contribution < 1.29 is 32.2 Å². The van der Waals surface area contributed by atoms with Crippen molar-refractivity contribution in [2.45, 2.75) is 17.9 Å². The van der Waals surface area contributed by atoms with Gasteiger partial charge in [-0.1, -0.05) is 18.2 Å². The van der Waals surface area contributed by atoms with E-state index in [1.165, 1.54) is 24.3 Å². The van der Waals surface area contributed by atoms with Crippen molar-refractivity contribution in [2.75, 3.05) is 19.7 Å². The highest BCUT2D eigenvalue weighted by atomic mass is 32.2. The first-order chi connectivity index (χ1) is 13.3. The third-order valence-corrected chi connectivity index (χ3v) is 5.27. The van der Waals surface area contributed by atoms with Gasteiger partial charge in [0.05, 0.1) is 16.5 Å². The molecular weight excluding hydrogens is 386 g/mol. The molecule has 1 aliphatic heterocycles. The van der Waals surface area contributed by atoms with Crippen LogP contribution in [-0.2, 0) is 19.4 Å². The van der Waals surface area contributed by atoms with Crippen LogP contribution in [-0.4, -0.2) is 39.9 Å². The maximum absolute atomic E-state index is 12.2. The smallest absolute Gasteiger partial charge is 0.339 e. The average Bonchev–Trinajstić information content (AvgIpc) is 3.13. The Balaban J connectivity index is 1.59. The summed E-state index contributed by atoms with van der Waals surface area (Å²) in [7, 11) is -3.60. The van der Waals surface area contributed by atoms with Gasteiger partial charge in [0.1, 0.15) is 0 Å². The second-order valence-corrected chi connectivity index (χ2v) is 8.23. The summed E-state index contributed by atoms with van der Waals surface area (Å²) < 4.78 is 39.1. The van der Waals surface area contributed by atoms with Gasteiger partial charge in [-0.25, -0.2) is 13.2 Å². The van der Waals surface area contributed by atoms with Gasteiger partial charge in [0.25, 0.3) is 5.91 Å². The first-order valence-electron chi connectivity index (χ1n) is 8.41. The molecule has 148 valence electrons. The molecule has 1 amide bonds. The number of hydrogen-bond donors (Lipinski definition) is 1. The third-order valence-electron chi connectivity index (χ3n) is 4.11. The Morgan fingerprint density at radius 1 is 1.14 bits per heavy atom. The van der Waals surface area contributed by atoms with Gasteiger partial charge in [-0.15, -0.1) is 0 Å². The number of hydrogen-bond acceptors (Lipinski definition) is 7. The molecule has 1 heterocycles. The molecule has 1 atom stereocenters. The van der Waals surface area contributed by atoms with E-state index in [2.05, 4.69) is 5.32 Å². The van der Waals surface area contributed by atoms with Gasteiger partial charge in [-0.3, -0.25) is 4.79 Å². The monoisotopic (exact) mass is 405 g/mol. The molecule has 8 nitrogen and oxygen atoms in total. The molecule has 3 rings (SSSR count). The van der Waals surface area contributed by atoms with E-state index < -0.39 is 28.3 Å². The Labute approximate surface area is 162 Å². The highest BCUT2D eigenvalue weighted by Crippen LogP contribution is 2.34. The fraction of sp³-hybridized carbons (Fsp3) is 0.263. The Bertz CT molecular complexity index is 1020. The van der Waals surface area contributed by atoms with Crippen molar-refractivity contribution in [1.29, 1.82) is 0 Å². The molecule has 0 unspecified atom stereocenters. The van der Waals surface area contributed by atoms with Crippen LogP contribution in [0.1, 0.15) is 28.9 Å². The number of fused-ring (bicyclic) bond motifs is 1. The van der Waals surface area contributed by atoms with Gasteiger partial charge in [0.2, 0.25) is 6.79 Å². The van der Waals surface area contributed by atoms with Crippen molar-refractivity contribution >= 4 is 21.7 Å². The molecule has 0 saturated carbocycles. The summed E-state index contributed by atoms with van der Waals surface area (Å²) in [4.78, 5) is 24.2. The third kappa shape index (κ3) is 4.42. The first-order valence-corrected chi connectivity index (χ1v) is 10.3. The van der Waals surface area contributed by atoms with Crippen molar-refractivity contribution in [3.05, 3.63) is 53.6 Å². The van der Waals surface area contributed by atoms with Gasteiger partial charge in [-0.2, -0.15) is 0 Å². The van der Waals surface area contributed by atoms with Gasteiger partial charge in [-0.05, 0) is 36.8 Å². The molecule has 9 heteroatoms. The molecule has 0 aliphatic carbocycles. The lowest BCUT2D eigenvalue weighted by atomic mass is 10.1. The molecular formula is C19H19NO7S. The van der Waals surface area contributed by atoms with E-state index in [1.807, 2.05) is 0 Å². The standard InChI is InChI=1S/C19H19NO7S/c1-12(13-7-8-15-16(9-13)27-11-26-15)20-18(21)10-25-19(22)14-5-3-4-6-17(14)28(2,23)24/h3-9,12H,10-11H2,1-2H3,(H,20,21)/t12-/m0/s1. The summed E-state index contributed by atoms with van der Waals surface area (Å²) >= 11 is 0. The SMILES string of the molecule is C[C@H](NC(=O)COC(=O)c1ccccc1S(C)(=O)=O)c1ccc2c(c1)OCO2. The second kappa shape index (κ2) is 7.89. The fourth-order valence-corrected chi connectivity index (χ4v) is 3.59. The summed E-state index contributed by atoms with van der Waals surface area (Å²) in [6.07, 6.45) is 0.999. The molecule has 1 aliphatic rings. The zero-order valence-electron chi connectivity index (χ0n) is 15.3. The predicted octanol–water partition coefficient (Wildman–Crippen LogP) is 1.85. The molecule has 0 bridgehead atoms. The molecule has 0 aromatic heterocycles. The Hall–Kier alpha value is -3.07. The van der Waals surface area contributed by atoms with E-state index in [9.17, 15) is 18.0 Å². The maximum atomic E-state index is 12.2. The minimum absolute atomic E-state index is 0.110. The number of nitrogens with one attached hydrogen (secondary N) is 1. The van der Waals surface area contributed by atoms with Crippen LogP contribution in [0, 0.1) is 0 Å². The summed E-state index contributed by atoms with van der Waals surface area (Å²) in [6, 6.07) is 10.6. The second-order valence-electron chi connectivity index (χ2n) is 6.25. The van der Waals surface area contributed by atoms with Crippen LogP contribution in [0.2, 0.25) is 0 Å². The largest absolute Gasteiger partial charge is 0.454 e. The molecule has 0 saturated heterocycles. The van der Waals surface area contributed by atoms with E-state index in [0.29, 0.717) is 11.5 Å². The topological polar surface area (TPSA) is 108 Å². The number of sulfone groups is 1. The quantitative estimate of drug-likeness (QED) is 0.731. The summed E-state index contributed by atoms with van der Waals surface area (Å²) in [6.45, 7) is 1.40. The number of benzene rings is 2. The predicted molar refractivity (Wildman–Crippen MR) is 99.0 cm³/mol. The minimum Gasteiger partial charge on any atom is -0.454 e. The number of carbonyl (C=O) groups excluding carboxylic acids is 2. The summed E-state index contributed by atoms with van der Waals surface area (Å²) in [5.41, 5.74) is 0.688. The lowest BCUT2D eigenvalue weighted by Crippen LogP contribution is -2.31. The number of rotatable bonds is 6. The van der Waals surface area contributed by atoms with E-state index in [-0.39, 0.29) is 23.3 Å². The molecule has 0 radical (unpaired) electrons. The maximum Gasteiger partial charge on any atom is 0.339 e. The molecule has 0 fully saturated rings. The van der Waals surface area contributed by atoms with Crippen LogP contribution in [0.3, 0.4) is 0 Å². The normalized spacial score (nSPS) is 13.6. The van der Waals surface area contributed by atoms with Crippen LogP contribution in [0.15, 0.2) is 47.4 Å². The molecule has 1 N–H and O–H groups in total. The Morgan fingerprint density at radius 2 is 1.86 bits per heavy atom. The molecule has 0 spiro atoms. The molecule has 28 heavy (non-hydrogen) atoms. The van der Waals surface area contributed by atoms with Crippen LogP contribution in [0.25, 0.3) is 0 Å². The molecule has 2 aromatic carbocycles. The van der Waals surface area contributed by atoms with Gasteiger partial charge in [0, 0.05) is 6.26 Å². The first kappa shape index (κ1) is 19.7. The van der Waals surface area contributed by atoms with E-state index in [1.54, 1.807) is 25.1 Å². The Kier molecular flexibility index (Phi) is 5.55. The van der Waals surface area contributed by atoms with Crippen molar-refractivity contribution in [3.8, 4) is 11.5 Å². The van der Waals surface area contributed by atoms with Crippen molar-refractivity contribution in [1.82, 2.24) is 5.32 Å². The van der Waals surface area contributed by atoms with E-state index in [0.717, 1.165) is 11.8 Å². The Morgan fingerprint density at radius 3 is 2.61 bits per heavy atom. The lowest BCUT2D eigenvalue weighted by Gasteiger charge is -2.15. The highest BCUT2D eigenvalue weighted by molar-refractivity contribution is 7.90. The van der Waals surface area contributed by atoms with Gasteiger partial charge < -0.3 is 19.5 Å². The average molecular weight is 405 g/mol. The van der Waals surface area contributed by atoms with Gasteiger partial charge in [0.15, 0.2) is 27.9 Å². The minimum atomic E-state index is -3.60. The summed E-state index contributed by atoms with van der Waals surface area (Å²) in [5.74, 6) is -0.162. The van der Waals surface area contributed by atoms with Crippen LogP contribution >= 0.6 is 0 Å². The van der Waals surface area contributed by atoms with Crippen LogP contribution in [0.4, 0.5) is 0 Å². The van der Waals surface area contributed by atoms with Gasteiger partial charge >= 0.3 is 5.97 Å². The zero-order valence-corrected chi connectivity index (χ0v) is 16.1. The van der Waals surface area contributed by atoms with E-state index in [4.69, 9.17) is 14.2 Å². The van der Waals surface area contributed by atoms with Crippen LogP contribution < -0.4 is 14.8 Å².